The Balaban J connectivity index is 1.80. The maximum absolute atomic E-state index is 12.2. The van der Waals surface area contributed by atoms with E-state index in [2.05, 4.69) is 42.3 Å². The minimum Gasteiger partial charge on any atom is -0.481 e. The van der Waals surface area contributed by atoms with Gasteiger partial charge in [-0.3, -0.25) is 4.57 Å². The van der Waals surface area contributed by atoms with Gasteiger partial charge in [-0.15, -0.1) is 0 Å². The molecule has 0 fully saturated rings. The van der Waals surface area contributed by atoms with Crippen molar-refractivity contribution in [2.75, 3.05) is 19.0 Å². The van der Waals surface area contributed by atoms with Crippen LogP contribution in [0.15, 0.2) is 29.1 Å². The summed E-state index contributed by atoms with van der Waals surface area (Å²) in [6.45, 7) is 6.20. The van der Waals surface area contributed by atoms with Gasteiger partial charge in [-0.2, -0.15) is 4.98 Å². The van der Waals surface area contributed by atoms with Crippen LogP contribution in [0.5, 0.6) is 5.88 Å². The highest BCUT2D eigenvalue weighted by molar-refractivity contribution is 5.69. The highest BCUT2D eigenvalue weighted by atomic mass is 16.5. The van der Waals surface area contributed by atoms with Gasteiger partial charge in [0.1, 0.15) is 0 Å². The van der Waals surface area contributed by atoms with Gasteiger partial charge < -0.3 is 10.1 Å². The molecule has 0 amide bonds. The van der Waals surface area contributed by atoms with Crippen molar-refractivity contribution in [1.29, 1.82) is 0 Å². The fourth-order valence-electron chi connectivity index (χ4n) is 3.63. The van der Waals surface area contributed by atoms with Crippen LogP contribution in [0, 0.1) is 5.92 Å². The molecule has 0 bridgehead atoms. The van der Waals surface area contributed by atoms with Crippen LogP contribution in [0.2, 0.25) is 0 Å². The molecule has 1 aromatic heterocycles. The second-order valence-electron chi connectivity index (χ2n) is 7.04. The van der Waals surface area contributed by atoms with Crippen LogP contribution in [-0.4, -0.2) is 23.2 Å². The maximum Gasteiger partial charge on any atom is 0.351 e. The van der Waals surface area contributed by atoms with Crippen LogP contribution in [0.1, 0.15) is 45.1 Å². The summed E-state index contributed by atoms with van der Waals surface area (Å²) in [4.78, 5) is 16.1. The van der Waals surface area contributed by atoms with Crippen molar-refractivity contribution >= 4 is 5.69 Å². The molecular weight excluding hydrogens is 326 g/mol. The predicted octanol–water partition coefficient (Wildman–Crippen LogP) is 4.10. The number of nitrogens with zero attached hydrogens (tertiary/aromatic N) is 2. The number of aryl methyl sites for hydroxylation is 1. The van der Waals surface area contributed by atoms with Crippen molar-refractivity contribution in [3.8, 4) is 17.1 Å². The first-order chi connectivity index (χ1) is 12.7. The number of ether oxygens (including phenoxy) is 1. The molecule has 3 rings (SSSR count). The molecule has 2 heterocycles. The number of methoxy groups -OCH3 is 1. The van der Waals surface area contributed by atoms with Crippen LogP contribution in [0.3, 0.4) is 0 Å². The molecule has 1 aliphatic rings. The minimum atomic E-state index is -0.242. The molecule has 0 spiro atoms. The standard InChI is InChI=1S/C21H29N3O2/c1-4-6-7-15(5-2)14-22-17-8-9-18-16(12-17)10-11-24-19(18)13-20(26-3)23-21(24)25/h8-9,12-13,15,22H,4-7,10-11,14H2,1-3H3. The molecule has 0 saturated carbocycles. The summed E-state index contributed by atoms with van der Waals surface area (Å²) in [6.07, 6.45) is 5.89. The second-order valence-corrected chi connectivity index (χ2v) is 7.04. The Morgan fingerprint density at radius 1 is 1.31 bits per heavy atom. The van der Waals surface area contributed by atoms with Gasteiger partial charge in [-0.25, -0.2) is 4.79 Å². The first kappa shape index (κ1) is 18.5. The van der Waals surface area contributed by atoms with E-state index >= 15 is 0 Å². The van der Waals surface area contributed by atoms with Crippen LogP contribution in [0.25, 0.3) is 11.3 Å². The molecule has 1 N–H and O–H groups in total. The van der Waals surface area contributed by atoms with Gasteiger partial charge in [0.05, 0.1) is 12.8 Å². The normalized spacial score (nSPS) is 13.7. The van der Waals surface area contributed by atoms with Crippen LogP contribution < -0.4 is 15.7 Å². The molecule has 26 heavy (non-hydrogen) atoms. The number of nitrogens with one attached hydrogen (secondary N) is 1. The van der Waals surface area contributed by atoms with Crippen molar-refractivity contribution < 1.29 is 4.74 Å². The van der Waals surface area contributed by atoms with E-state index in [0.717, 1.165) is 35.8 Å². The zero-order valence-electron chi connectivity index (χ0n) is 16.0. The molecule has 0 saturated heterocycles. The summed E-state index contributed by atoms with van der Waals surface area (Å²) in [7, 11) is 1.54. The van der Waals surface area contributed by atoms with Crippen LogP contribution >= 0.6 is 0 Å². The van der Waals surface area contributed by atoms with Crippen molar-refractivity contribution in [3.63, 3.8) is 0 Å². The Kier molecular flexibility index (Phi) is 5.96. The van der Waals surface area contributed by atoms with Gasteiger partial charge in [0.25, 0.3) is 0 Å². The molecular formula is C21H29N3O2. The lowest BCUT2D eigenvalue weighted by atomic mass is 9.96. The number of hydrogen-bond acceptors (Lipinski definition) is 4. The molecule has 0 aliphatic carbocycles. The number of hydrogen-bond donors (Lipinski definition) is 1. The third-order valence-corrected chi connectivity index (χ3v) is 5.32. The fourth-order valence-corrected chi connectivity index (χ4v) is 3.63. The minimum absolute atomic E-state index is 0.242. The molecule has 1 atom stereocenters. The molecule has 1 aromatic carbocycles. The Bertz CT molecular complexity index is 813. The lowest BCUT2D eigenvalue weighted by molar-refractivity contribution is 0.392. The Hall–Kier alpha value is -2.30. The van der Waals surface area contributed by atoms with E-state index in [0.29, 0.717) is 12.4 Å². The van der Waals surface area contributed by atoms with Gasteiger partial charge in [0.2, 0.25) is 5.88 Å². The third kappa shape index (κ3) is 3.92. The number of rotatable bonds is 8. The lowest BCUT2D eigenvalue weighted by Gasteiger charge is -2.23. The molecule has 5 heteroatoms. The summed E-state index contributed by atoms with van der Waals surface area (Å²) < 4.78 is 6.90. The van der Waals surface area contributed by atoms with Gasteiger partial charge >= 0.3 is 5.69 Å². The fraction of sp³-hybridized carbons (Fsp3) is 0.524. The monoisotopic (exact) mass is 355 g/mol. The molecule has 0 radical (unpaired) electrons. The van der Waals surface area contributed by atoms with Crippen LogP contribution in [-0.2, 0) is 13.0 Å². The van der Waals surface area contributed by atoms with E-state index in [9.17, 15) is 4.79 Å². The third-order valence-electron chi connectivity index (χ3n) is 5.32. The van der Waals surface area contributed by atoms with E-state index in [-0.39, 0.29) is 5.69 Å². The number of anilines is 1. The quantitative estimate of drug-likeness (QED) is 0.774. The second kappa shape index (κ2) is 8.39. The Morgan fingerprint density at radius 2 is 2.15 bits per heavy atom. The molecule has 1 aliphatic heterocycles. The molecule has 1 unspecified atom stereocenters. The van der Waals surface area contributed by atoms with Gasteiger partial charge in [0, 0.05) is 30.4 Å². The van der Waals surface area contributed by atoms with Crippen LogP contribution in [0.4, 0.5) is 5.69 Å². The maximum atomic E-state index is 12.2. The number of fused-ring (bicyclic) bond motifs is 3. The zero-order valence-corrected chi connectivity index (χ0v) is 16.0. The summed E-state index contributed by atoms with van der Waals surface area (Å²) in [5.74, 6) is 1.10. The van der Waals surface area contributed by atoms with E-state index in [1.54, 1.807) is 4.57 Å². The average Bonchev–Trinajstić information content (AvgIpc) is 2.67. The largest absolute Gasteiger partial charge is 0.481 e. The predicted molar refractivity (Wildman–Crippen MR) is 106 cm³/mol. The highest BCUT2D eigenvalue weighted by Crippen LogP contribution is 2.31. The molecule has 5 nitrogen and oxygen atoms in total. The van der Waals surface area contributed by atoms with Crippen molar-refractivity contribution in [2.45, 2.75) is 52.5 Å². The summed E-state index contributed by atoms with van der Waals surface area (Å²) in [5, 5.41) is 3.61. The number of aromatic nitrogens is 2. The van der Waals surface area contributed by atoms with Gasteiger partial charge in [0.15, 0.2) is 0 Å². The summed E-state index contributed by atoms with van der Waals surface area (Å²) >= 11 is 0. The Labute approximate surface area is 155 Å². The number of benzene rings is 1. The van der Waals surface area contributed by atoms with E-state index in [4.69, 9.17) is 4.74 Å². The van der Waals surface area contributed by atoms with E-state index in [1.807, 2.05) is 6.07 Å². The van der Waals surface area contributed by atoms with E-state index < -0.39 is 0 Å². The lowest BCUT2D eigenvalue weighted by Crippen LogP contribution is -2.28. The first-order valence-electron chi connectivity index (χ1n) is 9.69. The zero-order chi connectivity index (χ0) is 18.5. The highest BCUT2D eigenvalue weighted by Gasteiger charge is 2.19. The van der Waals surface area contributed by atoms with Crippen molar-refractivity contribution in [3.05, 3.63) is 40.3 Å². The SMILES string of the molecule is CCCCC(CC)CNc1ccc2c(c1)CCn1c-2cc(OC)nc1=O. The first-order valence-corrected chi connectivity index (χ1v) is 9.69. The molecule has 140 valence electrons. The van der Waals surface area contributed by atoms with Gasteiger partial charge in [-0.1, -0.05) is 39.2 Å². The van der Waals surface area contributed by atoms with Gasteiger partial charge in [-0.05, 0) is 36.5 Å². The Morgan fingerprint density at radius 3 is 2.88 bits per heavy atom. The van der Waals surface area contributed by atoms with E-state index in [1.165, 1.54) is 38.4 Å². The summed E-state index contributed by atoms with van der Waals surface area (Å²) in [6, 6.07) is 8.29. The van der Waals surface area contributed by atoms with Crippen molar-refractivity contribution in [1.82, 2.24) is 9.55 Å². The summed E-state index contributed by atoms with van der Waals surface area (Å²) in [5.41, 5.74) is 4.18. The smallest absolute Gasteiger partial charge is 0.351 e. The topological polar surface area (TPSA) is 56.1 Å². The number of unbranched alkanes of at least 4 members (excludes halogenated alkanes) is 1. The van der Waals surface area contributed by atoms with Crippen molar-refractivity contribution in [2.24, 2.45) is 5.92 Å². The average molecular weight is 355 g/mol. The molecule has 2 aromatic rings.